The number of carbonyl (C=O) groups is 1. The molecule has 1 atom stereocenters. The highest BCUT2D eigenvalue weighted by molar-refractivity contribution is 6.06. The predicted octanol–water partition coefficient (Wildman–Crippen LogP) is 2.11. The first-order chi connectivity index (χ1) is 11.0. The molecule has 2 N–H and O–H groups in total. The number of hydrogen-bond donors (Lipinski definition) is 2. The molecule has 1 unspecified atom stereocenters. The minimum Gasteiger partial charge on any atom is -0.396 e. The molecular formula is C17H26N4O2. The highest BCUT2D eigenvalue weighted by atomic mass is 16.3. The Hall–Kier alpha value is -1.95. The first-order valence-corrected chi connectivity index (χ1v) is 8.17. The summed E-state index contributed by atoms with van der Waals surface area (Å²) in [5, 5.41) is 17.3. The van der Waals surface area contributed by atoms with Crippen molar-refractivity contribution in [2.45, 2.75) is 40.0 Å². The topological polar surface area (TPSA) is 80.0 Å². The van der Waals surface area contributed by atoms with Gasteiger partial charge in [-0.3, -0.25) is 9.48 Å². The molecule has 0 bridgehead atoms. The molecule has 6 heteroatoms. The Labute approximate surface area is 136 Å². The number of aryl methyl sites for hydroxylation is 3. The Kier molecular flexibility index (Phi) is 5.71. The van der Waals surface area contributed by atoms with Gasteiger partial charge in [-0.25, -0.2) is 4.98 Å². The quantitative estimate of drug-likeness (QED) is 0.819. The Morgan fingerprint density at radius 2 is 2.13 bits per heavy atom. The van der Waals surface area contributed by atoms with E-state index in [-0.39, 0.29) is 12.5 Å². The third-order valence-corrected chi connectivity index (χ3v) is 4.13. The van der Waals surface area contributed by atoms with Crippen molar-refractivity contribution in [1.82, 2.24) is 20.1 Å². The molecule has 0 fully saturated rings. The van der Waals surface area contributed by atoms with Crippen LogP contribution in [-0.2, 0) is 7.05 Å². The van der Waals surface area contributed by atoms with E-state index in [1.54, 1.807) is 4.68 Å². The monoisotopic (exact) mass is 318 g/mol. The summed E-state index contributed by atoms with van der Waals surface area (Å²) < 4.78 is 1.71. The number of amides is 1. The van der Waals surface area contributed by atoms with Crippen molar-refractivity contribution >= 4 is 16.9 Å². The summed E-state index contributed by atoms with van der Waals surface area (Å²) >= 11 is 0. The zero-order valence-electron chi connectivity index (χ0n) is 14.4. The fourth-order valence-corrected chi connectivity index (χ4v) is 3.02. The normalized spacial score (nSPS) is 12.6. The van der Waals surface area contributed by atoms with Crippen molar-refractivity contribution in [2.75, 3.05) is 13.2 Å². The molecule has 1 amide bonds. The molecule has 0 saturated carbocycles. The standard InChI is InChI=1S/C17H26N4O2/c1-5-6-13(7-8-22)10-18-17(23)14-9-11(2)19-16-15(14)12(3)20-21(16)4/h9,13,22H,5-8,10H2,1-4H3,(H,18,23). The molecule has 0 spiro atoms. The van der Waals surface area contributed by atoms with Gasteiger partial charge in [0, 0.05) is 25.9 Å². The van der Waals surface area contributed by atoms with Crippen molar-refractivity contribution in [3.8, 4) is 0 Å². The number of nitrogens with one attached hydrogen (secondary N) is 1. The van der Waals surface area contributed by atoms with Gasteiger partial charge in [0.15, 0.2) is 5.65 Å². The van der Waals surface area contributed by atoms with E-state index < -0.39 is 0 Å². The van der Waals surface area contributed by atoms with Crippen molar-refractivity contribution < 1.29 is 9.90 Å². The molecule has 0 radical (unpaired) electrons. The van der Waals surface area contributed by atoms with Gasteiger partial charge in [0.25, 0.3) is 5.91 Å². The molecule has 0 saturated heterocycles. The number of pyridine rings is 1. The van der Waals surface area contributed by atoms with Gasteiger partial charge in [-0.1, -0.05) is 13.3 Å². The average molecular weight is 318 g/mol. The first-order valence-electron chi connectivity index (χ1n) is 8.17. The van der Waals surface area contributed by atoms with Crippen LogP contribution in [-0.4, -0.2) is 38.9 Å². The fraction of sp³-hybridized carbons (Fsp3) is 0.588. The van der Waals surface area contributed by atoms with Crippen LogP contribution in [0.25, 0.3) is 11.0 Å². The molecule has 2 rings (SSSR count). The van der Waals surface area contributed by atoms with Crippen molar-refractivity contribution in [1.29, 1.82) is 0 Å². The van der Waals surface area contributed by atoms with E-state index in [1.165, 1.54) is 0 Å². The SMILES string of the molecule is CCCC(CCO)CNC(=O)c1cc(C)nc2c1c(C)nn2C. The number of fused-ring (bicyclic) bond motifs is 1. The zero-order chi connectivity index (χ0) is 17.0. The molecule has 126 valence electrons. The maximum atomic E-state index is 12.6. The van der Waals surface area contributed by atoms with Crippen LogP contribution in [0.2, 0.25) is 0 Å². The molecule has 0 aromatic carbocycles. The Bertz CT molecular complexity index is 687. The van der Waals surface area contributed by atoms with Gasteiger partial charge in [-0.15, -0.1) is 0 Å². The summed E-state index contributed by atoms with van der Waals surface area (Å²) in [6.45, 7) is 6.61. The van der Waals surface area contributed by atoms with Gasteiger partial charge in [0.1, 0.15) is 0 Å². The first kappa shape index (κ1) is 17.4. The second kappa shape index (κ2) is 7.55. The number of aromatic nitrogens is 3. The van der Waals surface area contributed by atoms with Gasteiger partial charge in [-0.2, -0.15) is 5.10 Å². The van der Waals surface area contributed by atoms with Crippen LogP contribution in [0.15, 0.2) is 6.07 Å². The smallest absolute Gasteiger partial charge is 0.252 e. The third kappa shape index (κ3) is 3.88. The summed E-state index contributed by atoms with van der Waals surface area (Å²) in [5.74, 6) is 0.206. The summed E-state index contributed by atoms with van der Waals surface area (Å²) in [7, 11) is 1.84. The molecule has 2 aromatic heterocycles. The fourth-order valence-electron chi connectivity index (χ4n) is 3.02. The van der Waals surface area contributed by atoms with E-state index in [2.05, 4.69) is 22.3 Å². The van der Waals surface area contributed by atoms with E-state index in [1.807, 2.05) is 27.0 Å². The zero-order valence-corrected chi connectivity index (χ0v) is 14.4. The maximum absolute atomic E-state index is 12.6. The van der Waals surface area contributed by atoms with Crippen LogP contribution in [0.5, 0.6) is 0 Å². The number of carbonyl (C=O) groups excluding carboxylic acids is 1. The van der Waals surface area contributed by atoms with Gasteiger partial charge in [0.05, 0.1) is 16.6 Å². The molecule has 2 heterocycles. The number of hydrogen-bond acceptors (Lipinski definition) is 4. The second-order valence-corrected chi connectivity index (χ2v) is 6.10. The Balaban J connectivity index is 2.24. The largest absolute Gasteiger partial charge is 0.396 e. The summed E-state index contributed by atoms with van der Waals surface area (Å²) in [6.07, 6.45) is 2.75. The number of rotatable bonds is 7. The van der Waals surface area contributed by atoms with Crippen molar-refractivity contribution in [3.05, 3.63) is 23.0 Å². The Morgan fingerprint density at radius 3 is 2.78 bits per heavy atom. The number of nitrogens with zero attached hydrogens (tertiary/aromatic N) is 3. The summed E-state index contributed by atoms with van der Waals surface area (Å²) in [6, 6.07) is 1.81. The van der Waals surface area contributed by atoms with Crippen LogP contribution >= 0.6 is 0 Å². The van der Waals surface area contributed by atoms with Crippen LogP contribution in [0.3, 0.4) is 0 Å². The molecular weight excluding hydrogens is 292 g/mol. The second-order valence-electron chi connectivity index (χ2n) is 6.10. The third-order valence-electron chi connectivity index (χ3n) is 4.13. The van der Waals surface area contributed by atoms with Crippen molar-refractivity contribution in [2.24, 2.45) is 13.0 Å². The van der Waals surface area contributed by atoms with Gasteiger partial charge in [0.2, 0.25) is 0 Å². The predicted molar refractivity (Wildman–Crippen MR) is 90.4 cm³/mol. The van der Waals surface area contributed by atoms with Crippen LogP contribution in [0.4, 0.5) is 0 Å². The molecule has 23 heavy (non-hydrogen) atoms. The van der Waals surface area contributed by atoms with Gasteiger partial charge in [-0.05, 0) is 38.7 Å². The van der Waals surface area contributed by atoms with E-state index >= 15 is 0 Å². The van der Waals surface area contributed by atoms with E-state index in [4.69, 9.17) is 5.11 Å². The van der Waals surface area contributed by atoms with E-state index in [9.17, 15) is 4.79 Å². The van der Waals surface area contributed by atoms with Crippen molar-refractivity contribution in [3.63, 3.8) is 0 Å². The van der Waals surface area contributed by atoms with Crippen LogP contribution in [0, 0.1) is 19.8 Å². The van der Waals surface area contributed by atoms with Gasteiger partial charge < -0.3 is 10.4 Å². The highest BCUT2D eigenvalue weighted by Crippen LogP contribution is 2.21. The van der Waals surface area contributed by atoms with Crippen LogP contribution in [0.1, 0.15) is 47.9 Å². The minimum atomic E-state index is -0.101. The lowest BCUT2D eigenvalue weighted by Gasteiger charge is -2.16. The molecule has 0 aliphatic carbocycles. The lowest BCUT2D eigenvalue weighted by atomic mass is 10.00. The lowest BCUT2D eigenvalue weighted by molar-refractivity contribution is 0.0944. The Morgan fingerprint density at radius 1 is 1.39 bits per heavy atom. The number of aliphatic hydroxyl groups excluding tert-OH is 1. The molecule has 0 aliphatic heterocycles. The molecule has 2 aromatic rings. The highest BCUT2D eigenvalue weighted by Gasteiger charge is 2.18. The summed E-state index contributed by atoms with van der Waals surface area (Å²) in [4.78, 5) is 17.1. The summed E-state index contributed by atoms with van der Waals surface area (Å²) in [5.41, 5.74) is 2.96. The van der Waals surface area contributed by atoms with E-state index in [0.717, 1.165) is 35.3 Å². The van der Waals surface area contributed by atoms with E-state index in [0.29, 0.717) is 24.4 Å². The van der Waals surface area contributed by atoms with Gasteiger partial charge >= 0.3 is 0 Å². The molecule has 0 aliphatic rings. The molecule has 6 nitrogen and oxygen atoms in total. The minimum absolute atomic E-state index is 0.101. The number of aliphatic hydroxyl groups is 1. The average Bonchev–Trinajstić information content (AvgIpc) is 2.79. The maximum Gasteiger partial charge on any atom is 0.252 e. The van der Waals surface area contributed by atoms with Crippen LogP contribution < -0.4 is 5.32 Å². The lowest BCUT2D eigenvalue weighted by Crippen LogP contribution is -2.30.